The lowest BCUT2D eigenvalue weighted by Crippen LogP contribution is -1.97. The molecule has 0 bridgehead atoms. The van der Waals surface area contributed by atoms with Gasteiger partial charge < -0.3 is 4.57 Å². The second kappa shape index (κ2) is 15.2. The van der Waals surface area contributed by atoms with E-state index in [0.717, 1.165) is 66.7 Å². The zero-order valence-electron chi connectivity index (χ0n) is 34.2. The van der Waals surface area contributed by atoms with Gasteiger partial charge in [-0.05, 0) is 103 Å². The van der Waals surface area contributed by atoms with Crippen molar-refractivity contribution in [2.24, 2.45) is 0 Å². The molecule has 12 rings (SSSR count). The van der Waals surface area contributed by atoms with Crippen molar-refractivity contribution in [1.82, 2.24) is 19.5 Å². The van der Waals surface area contributed by atoms with Crippen molar-refractivity contribution in [3.8, 4) is 73.0 Å². The highest BCUT2D eigenvalue weighted by Gasteiger charge is 2.19. The maximum atomic E-state index is 5.39. The molecule has 0 aliphatic rings. The Labute approximate surface area is 365 Å². The molecule has 0 radical (unpaired) electrons. The van der Waals surface area contributed by atoms with Gasteiger partial charge in [0.15, 0.2) is 5.82 Å². The number of rotatable bonds is 7. The van der Waals surface area contributed by atoms with Crippen LogP contribution in [-0.2, 0) is 0 Å². The summed E-state index contributed by atoms with van der Waals surface area (Å²) in [7, 11) is 0. The van der Waals surface area contributed by atoms with Crippen LogP contribution in [0.2, 0.25) is 0 Å². The van der Waals surface area contributed by atoms with E-state index in [-0.39, 0.29) is 0 Å². The van der Waals surface area contributed by atoms with Crippen molar-refractivity contribution < 1.29 is 0 Å². The van der Waals surface area contributed by atoms with Crippen molar-refractivity contribution in [2.45, 2.75) is 0 Å². The van der Waals surface area contributed by atoms with Crippen LogP contribution >= 0.6 is 0 Å². The molecular formula is C59H38N4. The molecule has 0 aliphatic carbocycles. The summed E-state index contributed by atoms with van der Waals surface area (Å²) in [6.07, 6.45) is 3.84. The molecule has 0 fully saturated rings. The van der Waals surface area contributed by atoms with Gasteiger partial charge in [-0.25, -0.2) is 9.97 Å². The molecule has 0 atom stereocenters. The fraction of sp³-hybridized carbons (Fsp3) is 0. The summed E-state index contributed by atoms with van der Waals surface area (Å²) in [5.41, 5.74) is 15.2. The highest BCUT2D eigenvalue weighted by atomic mass is 15.0. The summed E-state index contributed by atoms with van der Waals surface area (Å²) in [5, 5.41) is 7.11. The summed E-state index contributed by atoms with van der Waals surface area (Å²) in [5.74, 6) is 0.672. The second-order valence-corrected chi connectivity index (χ2v) is 16.0. The van der Waals surface area contributed by atoms with Crippen molar-refractivity contribution in [3.63, 3.8) is 0 Å². The number of benzene rings is 9. The van der Waals surface area contributed by atoms with Crippen LogP contribution < -0.4 is 0 Å². The molecular weight excluding hydrogens is 765 g/mol. The van der Waals surface area contributed by atoms with Gasteiger partial charge in [-0.2, -0.15) is 0 Å². The van der Waals surface area contributed by atoms with Crippen LogP contribution in [0.25, 0.3) is 116 Å². The monoisotopic (exact) mass is 802 g/mol. The third kappa shape index (κ3) is 6.36. The fourth-order valence-electron chi connectivity index (χ4n) is 9.39. The number of aromatic nitrogens is 4. The zero-order chi connectivity index (χ0) is 41.7. The zero-order valence-corrected chi connectivity index (χ0v) is 34.2. The highest BCUT2D eigenvalue weighted by molar-refractivity contribution is 6.22. The fourth-order valence-corrected chi connectivity index (χ4v) is 9.39. The minimum absolute atomic E-state index is 0.672. The van der Waals surface area contributed by atoms with E-state index in [0.29, 0.717) is 5.82 Å². The first kappa shape index (κ1) is 36.4. The van der Waals surface area contributed by atoms with Crippen LogP contribution in [0, 0.1) is 0 Å². The molecule has 12 aromatic rings. The van der Waals surface area contributed by atoms with Gasteiger partial charge in [-0.3, -0.25) is 4.98 Å². The highest BCUT2D eigenvalue weighted by Crippen LogP contribution is 2.45. The van der Waals surface area contributed by atoms with Crippen LogP contribution in [0.4, 0.5) is 0 Å². The van der Waals surface area contributed by atoms with E-state index in [2.05, 4.69) is 222 Å². The van der Waals surface area contributed by atoms with Gasteiger partial charge >= 0.3 is 0 Å². The summed E-state index contributed by atoms with van der Waals surface area (Å²) < 4.78 is 2.32. The smallest absolute Gasteiger partial charge is 0.160 e. The van der Waals surface area contributed by atoms with Crippen LogP contribution in [0.1, 0.15) is 0 Å². The molecule has 3 heterocycles. The number of hydrogen-bond acceptors (Lipinski definition) is 3. The molecule has 0 amide bonds. The molecule has 9 aromatic carbocycles. The van der Waals surface area contributed by atoms with E-state index in [1.54, 1.807) is 0 Å². The predicted molar refractivity (Wildman–Crippen MR) is 262 cm³/mol. The Morgan fingerprint density at radius 2 is 0.810 bits per heavy atom. The lowest BCUT2D eigenvalue weighted by atomic mass is 9.85. The van der Waals surface area contributed by atoms with Crippen LogP contribution in [-0.4, -0.2) is 19.5 Å². The molecule has 294 valence electrons. The largest absolute Gasteiger partial charge is 0.309 e. The number of nitrogens with zero attached hydrogens (tertiary/aromatic N) is 4. The van der Waals surface area contributed by atoms with Crippen molar-refractivity contribution in [1.29, 1.82) is 0 Å². The number of fused-ring (bicyclic) bond motifs is 5. The van der Waals surface area contributed by atoms with E-state index in [1.165, 1.54) is 43.8 Å². The third-order valence-corrected chi connectivity index (χ3v) is 12.3. The van der Waals surface area contributed by atoms with Gasteiger partial charge in [0, 0.05) is 45.5 Å². The molecule has 0 aliphatic heterocycles. The first-order valence-corrected chi connectivity index (χ1v) is 21.3. The van der Waals surface area contributed by atoms with Gasteiger partial charge in [0.1, 0.15) is 0 Å². The van der Waals surface area contributed by atoms with Crippen LogP contribution in [0.15, 0.2) is 231 Å². The van der Waals surface area contributed by atoms with E-state index in [9.17, 15) is 0 Å². The second-order valence-electron chi connectivity index (χ2n) is 16.0. The standard InChI is InChI=1S/C59H38N4/c1-5-16-39(17-6-1)53-37-54(44-28-30-49-51(36-44)58(41-20-9-3-10-21-41)48-27-14-13-26-47(48)57(49)40-18-7-2-8-19-40)62-59(61-53)45-23-15-22-42(34-45)43-29-31-55-50(35-43)52-38-60-33-32-56(52)63(55)46-24-11-4-12-25-46/h1-38H. The molecule has 0 N–H and O–H groups in total. The average molecular weight is 803 g/mol. The first-order valence-electron chi connectivity index (χ1n) is 21.3. The molecule has 4 heteroatoms. The Kier molecular flexibility index (Phi) is 8.79. The molecule has 4 nitrogen and oxygen atoms in total. The minimum Gasteiger partial charge on any atom is -0.309 e. The quantitative estimate of drug-likeness (QED) is 0.151. The van der Waals surface area contributed by atoms with Crippen molar-refractivity contribution >= 4 is 43.4 Å². The summed E-state index contributed by atoms with van der Waals surface area (Å²) in [6, 6.07) is 77.7. The van der Waals surface area contributed by atoms with Gasteiger partial charge in [-0.15, -0.1) is 0 Å². The SMILES string of the molecule is c1ccc(-c2cc(-c3ccc4c(-c5ccccc5)c5ccccc5c(-c5ccccc5)c4c3)nc(-c3cccc(-c4ccc5c(c4)c4cnccc4n5-c4ccccc4)c3)n2)cc1. The minimum atomic E-state index is 0.672. The Bertz CT molecular complexity index is 3650. The normalized spacial score (nSPS) is 11.5. The Balaban J connectivity index is 1.04. The predicted octanol–water partition coefficient (Wildman–Crippen LogP) is 15.3. The maximum Gasteiger partial charge on any atom is 0.160 e. The van der Waals surface area contributed by atoms with E-state index in [4.69, 9.17) is 9.97 Å². The topological polar surface area (TPSA) is 43.6 Å². The molecule has 0 unspecified atom stereocenters. The number of para-hydroxylation sites is 1. The first-order chi connectivity index (χ1) is 31.2. The third-order valence-electron chi connectivity index (χ3n) is 12.3. The van der Waals surface area contributed by atoms with E-state index >= 15 is 0 Å². The van der Waals surface area contributed by atoms with E-state index < -0.39 is 0 Å². The average Bonchev–Trinajstić information content (AvgIpc) is 3.70. The van der Waals surface area contributed by atoms with Crippen LogP contribution in [0.3, 0.4) is 0 Å². The number of pyridine rings is 1. The molecule has 0 spiro atoms. The summed E-state index contributed by atoms with van der Waals surface area (Å²) >= 11 is 0. The molecule has 0 saturated carbocycles. The Hall–Kier alpha value is -8.47. The maximum absolute atomic E-state index is 5.39. The van der Waals surface area contributed by atoms with Gasteiger partial charge in [-0.1, -0.05) is 170 Å². The van der Waals surface area contributed by atoms with Crippen molar-refractivity contribution in [3.05, 3.63) is 231 Å². The molecule has 3 aromatic heterocycles. The Morgan fingerprint density at radius 3 is 1.51 bits per heavy atom. The Morgan fingerprint density at radius 1 is 0.302 bits per heavy atom. The van der Waals surface area contributed by atoms with Crippen molar-refractivity contribution in [2.75, 3.05) is 0 Å². The van der Waals surface area contributed by atoms with Gasteiger partial charge in [0.05, 0.1) is 22.4 Å². The van der Waals surface area contributed by atoms with E-state index in [1.807, 2.05) is 18.5 Å². The lowest BCUT2D eigenvalue weighted by molar-refractivity contribution is 1.17. The van der Waals surface area contributed by atoms with Gasteiger partial charge in [0.2, 0.25) is 0 Å². The van der Waals surface area contributed by atoms with Gasteiger partial charge in [0.25, 0.3) is 0 Å². The lowest BCUT2D eigenvalue weighted by Gasteiger charge is -2.19. The number of hydrogen-bond donors (Lipinski definition) is 0. The van der Waals surface area contributed by atoms with Crippen LogP contribution in [0.5, 0.6) is 0 Å². The molecule has 63 heavy (non-hydrogen) atoms. The summed E-state index contributed by atoms with van der Waals surface area (Å²) in [4.78, 5) is 15.2. The molecule has 0 saturated heterocycles. The summed E-state index contributed by atoms with van der Waals surface area (Å²) in [6.45, 7) is 0.